The zero-order valence-corrected chi connectivity index (χ0v) is 15.2. The Bertz CT molecular complexity index is 722. The standard InChI is InChI=1S/C16H18N2O2S3/c1-2-21-14-8-7-13(23-14)16(20)18-9-3-4-10(18)11-5-6-12(22-11)15(17)19/h5-8,10H,2-4,9H2,1H3,(H2,17,19)/t10-/m1/s1. The van der Waals surface area contributed by atoms with Gasteiger partial charge in [-0.1, -0.05) is 6.92 Å². The van der Waals surface area contributed by atoms with Crippen LogP contribution >= 0.6 is 34.4 Å². The molecule has 0 bridgehead atoms. The second kappa shape index (κ2) is 7.07. The number of rotatable bonds is 5. The van der Waals surface area contributed by atoms with Gasteiger partial charge in [0, 0.05) is 11.4 Å². The number of hydrogen-bond acceptors (Lipinski definition) is 5. The molecule has 1 atom stereocenters. The predicted octanol–water partition coefficient (Wildman–Crippen LogP) is 4.00. The van der Waals surface area contributed by atoms with E-state index >= 15 is 0 Å². The molecular weight excluding hydrogens is 348 g/mol. The van der Waals surface area contributed by atoms with E-state index in [4.69, 9.17) is 5.73 Å². The van der Waals surface area contributed by atoms with Crippen LogP contribution in [0.2, 0.25) is 0 Å². The summed E-state index contributed by atoms with van der Waals surface area (Å²) in [7, 11) is 0. The Morgan fingerprint density at radius 2 is 2.04 bits per heavy atom. The monoisotopic (exact) mass is 366 g/mol. The molecule has 0 aromatic carbocycles. The van der Waals surface area contributed by atoms with Gasteiger partial charge >= 0.3 is 0 Å². The second-order valence-electron chi connectivity index (χ2n) is 5.27. The third-order valence-corrected chi connectivity index (χ3v) is 7.17. The summed E-state index contributed by atoms with van der Waals surface area (Å²) in [5.41, 5.74) is 5.33. The maximum absolute atomic E-state index is 12.8. The first-order valence-corrected chi connectivity index (χ1v) is 10.1. The fourth-order valence-corrected chi connectivity index (χ4v) is 5.78. The lowest BCUT2D eigenvalue weighted by Gasteiger charge is -2.23. The zero-order valence-electron chi connectivity index (χ0n) is 12.8. The van der Waals surface area contributed by atoms with Crippen LogP contribution in [0.25, 0.3) is 0 Å². The Morgan fingerprint density at radius 3 is 2.74 bits per heavy atom. The molecule has 0 saturated carbocycles. The molecule has 0 spiro atoms. The average molecular weight is 367 g/mol. The minimum absolute atomic E-state index is 0.0602. The van der Waals surface area contributed by atoms with Crippen molar-refractivity contribution in [2.75, 3.05) is 12.3 Å². The van der Waals surface area contributed by atoms with Crippen molar-refractivity contribution >= 4 is 46.2 Å². The van der Waals surface area contributed by atoms with Gasteiger partial charge in [-0.3, -0.25) is 9.59 Å². The van der Waals surface area contributed by atoms with Crippen LogP contribution in [-0.2, 0) is 0 Å². The summed E-state index contributed by atoms with van der Waals surface area (Å²) < 4.78 is 1.18. The van der Waals surface area contributed by atoms with Crippen molar-refractivity contribution in [2.45, 2.75) is 30.0 Å². The van der Waals surface area contributed by atoms with Crippen molar-refractivity contribution in [2.24, 2.45) is 5.73 Å². The molecule has 2 N–H and O–H groups in total. The Morgan fingerprint density at radius 1 is 1.26 bits per heavy atom. The molecule has 122 valence electrons. The number of carbonyl (C=O) groups is 2. The van der Waals surface area contributed by atoms with Gasteiger partial charge in [0.15, 0.2) is 0 Å². The van der Waals surface area contributed by atoms with Crippen molar-refractivity contribution in [3.05, 3.63) is 38.9 Å². The number of amides is 2. The summed E-state index contributed by atoms with van der Waals surface area (Å²) >= 11 is 4.72. The fraction of sp³-hybridized carbons (Fsp3) is 0.375. The molecule has 0 aliphatic carbocycles. The maximum Gasteiger partial charge on any atom is 0.264 e. The van der Waals surface area contributed by atoms with Crippen LogP contribution in [0.1, 0.15) is 50.0 Å². The van der Waals surface area contributed by atoms with E-state index < -0.39 is 5.91 Å². The molecule has 2 amide bonds. The fourth-order valence-electron chi connectivity index (χ4n) is 2.77. The van der Waals surface area contributed by atoms with Crippen LogP contribution in [0.5, 0.6) is 0 Å². The lowest BCUT2D eigenvalue weighted by atomic mass is 10.2. The number of nitrogens with two attached hydrogens (primary N) is 1. The molecule has 1 saturated heterocycles. The Labute approximate surface area is 147 Å². The smallest absolute Gasteiger partial charge is 0.264 e. The molecule has 4 nitrogen and oxygen atoms in total. The minimum Gasteiger partial charge on any atom is -0.365 e. The van der Waals surface area contributed by atoms with Crippen LogP contribution in [0.3, 0.4) is 0 Å². The number of thiophene rings is 2. The van der Waals surface area contributed by atoms with E-state index in [1.54, 1.807) is 29.2 Å². The van der Waals surface area contributed by atoms with E-state index in [9.17, 15) is 9.59 Å². The Hall–Kier alpha value is -1.31. The Balaban J connectivity index is 1.79. The van der Waals surface area contributed by atoms with Crippen molar-refractivity contribution in [1.29, 1.82) is 0 Å². The largest absolute Gasteiger partial charge is 0.365 e. The molecule has 2 aromatic rings. The van der Waals surface area contributed by atoms with E-state index in [2.05, 4.69) is 6.92 Å². The summed E-state index contributed by atoms with van der Waals surface area (Å²) in [5.74, 6) is 0.692. The van der Waals surface area contributed by atoms with E-state index in [0.29, 0.717) is 4.88 Å². The average Bonchev–Trinajstić information content (AvgIpc) is 3.26. The van der Waals surface area contributed by atoms with Crippen molar-refractivity contribution < 1.29 is 9.59 Å². The van der Waals surface area contributed by atoms with Gasteiger partial charge in [-0.2, -0.15) is 0 Å². The van der Waals surface area contributed by atoms with E-state index in [0.717, 1.165) is 34.9 Å². The molecule has 1 aliphatic heterocycles. The van der Waals surface area contributed by atoms with E-state index in [1.165, 1.54) is 15.5 Å². The molecule has 3 heterocycles. The normalized spacial score (nSPS) is 17.6. The highest BCUT2D eigenvalue weighted by molar-refractivity contribution is 8.01. The van der Waals surface area contributed by atoms with Crippen LogP contribution in [0, 0.1) is 0 Å². The van der Waals surface area contributed by atoms with Gasteiger partial charge in [0.1, 0.15) is 0 Å². The van der Waals surface area contributed by atoms with Crippen LogP contribution in [-0.4, -0.2) is 29.0 Å². The molecule has 0 radical (unpaired) electrons. The second-order valence-corrected chi connectivity index (χ2v) is 9.04. The van der Waals surface area contributed by atoms with Gasteiger partial charge in [0.25, 0.3) is 11.8 Å². The van der Waals surface area contributed by atoms with Crippen LogP contribution < -0.4 is 5.73 Å². The van der Waals surface area contributed by atoms with Gasteiger partial charge in [0.2, 0.25) is 0 Å². The predicted molar refractivity (Wildman–Crippen MR) is 96.6 cm³/mol. The first kappa shape index (κ1) is 16.5. The van der Waals surface area contributed by atoms with Gasteiger partial charge in [-0.15, -0.1) is 34.4 Å². The van der Waals surface area contributed by atoms with Gasteiger partial charge in [-0.25, -0.2) is 0 Å². The highest BCUT2D eigenvalue weighted by atomic mass is 32.2. The van der Waals surface area contributed by atoms with Crippen LogP contribution in [0.15, 0.2) is 28.5 Å². The van der Waals surface area contributed by atoms with Gasteiger partial charge in [-0.05, 0) is 42.9 Å². The van der Waals surface area contributed by atoms with Crippen LogP contribution in [0.4, 0.5) is 0 Å². The SMILES string of the molecule is CCSc1ccc(C(=O)N2CCC[C@@H]2c2ccc(C(N)=O)s2)s1. The highest BCUT2D eigenvalue weighted by Crippen LogP contribution is 2.38. The number of likely N-dealkylation sites (tertiary alicyclic amines) is 1. The third-order valence-electron chi connectivity index (χ3n) is 3.79. The molecular formula is C16H18N2O2S3. The first-order chi connectivity index (χ1) is 11.1. The molecule has 2 aromatic heterocycles. The third kappa shape index (κ3) is 3.46. The Kier molecular flexibility index (Phi) is 5.08. The summed E-state index contributed by atoms with van der Waals surface area (Å²) in [6, 6.07) is 7.68. The number of nitrogens with zero attached hydrogens (tertiary/aromatic N) is 1. The molecule has 1 aliphatic rings. The minimum atomic E-state index is -0.406. The number of primary amides is 1. The number of carbonyl (C=O) groups excluding carboxylic acids is 2. The lowest BCUT2D eigenvalue weighted by molar-refractivity contribution is 0.0742. The van der Waals surface area contributed by atoms with E-state index in [1.807, 2.05) is 23.1 Å². The van der Waals surface area contributed by atoms with Crippen molar-refractivity contribution in [3.63, 3.8) is 0 Å². The van der Waals surface area contributed by atoms with E-state index in [-0.39, 0.29) is 11.9 Å². The highest BCUT2D eigenvalue weighted by Gasteiger charge is 2.32. The lowest BCUT2D eigenvalue weighted by Crippen LogP contribution is -2.29. The molecule has 0 unspecified atom stereocenters. The summed E-state index contributed by atoms with van der Waals surface area (Å²) in [6.07, 6.45) is 1.93. The molecule has 23 heavy (non-hydrogen) atoms. The van der Waals surface area contributed by atoms with Gasteiger partial charge in [0.05, 0.1) is 20.0 Å². The summed E-state index contributed by atoms with van der Waals surface area (Å²) in [4.78, 5) is 28.4. The quantitative estimate of drug-likeness (QED) is 0.814. The molecule has 1 fully saturated rings. The number of hydrogen-bond donors (Lipinski definition) is 1. The molecule has 7 heteroatoms. The topological polar surface area (TPSA) is 63.4 Å². The van der Waals surface area contributed by atoms with Crippen molar-refractivity contribution in [1.82, 2.24) is 4.90 Å². The summed E-state index contributed by atoms with van der Waals surface area (Å²) in [5, 5.41) is 0. The molecule has 3 rings (SSSR count). The first-order valence-electron chi connectivity index (χ1n) is 7.53. The van der Waals surface area contributed by atoms with Crippen molar-refractivity contribution in [3.8, 4) is 0 Å². The summed E-state index contributed by atoms with van der Waals surface area (Å²) in [6.45, 7) is 2.87. The van der Waals surface area contributed by atoms with Gasteiger partial charge < -0.3 is 10.6 Å². The number of thioether (sulfide) groups is 1. The zero-order chi connectivity index (χ0) is 16.4. The maximum atomic E-state index is 12.8.